The van der Waals surface area contributed by atoms with Gasteiger partial charge in [-0.25, -0.2) is 0 Å². The van der Waals surface area contributed by atoms with Gasteiger partial charge in [-0.2, -0.15) is 0 Å². The maximum Gasteiger partial charge on any atom is 0.239 e. The molecule has 2 aliphatic heterocycles. The first-order valence-corrected chi connectivity index (χ1v) is 3.68. The van der Waals surface area contributed by atoms with E-state index in [1.54, 1.807) is 0 Å². The van der Waals surface area contributed by atoms with Crippen LogP contribution in [0.15, 0.2) is 0 Å². The average molecular weight is 186 g/mol. The largest absolute Gasteiger partial charge is 0.420 e. The molecule has 2 heterocycles. The predicted octanol–water partition coefficient (Wildman–Crippen LogP) is -1.67. The summed E-state index contributed by atoms with van der Waals surface area (Å²) >= 11 is 0. The second-order valence-corrected chi connectivity index (χ2v) is 3.12. The molecule has 0 aromatic heterocycles. The molecule has 2 aliphatic rings. The maximum absolute atomic E-state index is 7.32. The highest BCUT2D eigenvalue weighted by molar-refractivity contribution is 5.98. The third-order valence-corrected chi connectivity index (χ3v) is 1.88. The topological polar surface area (TPSA) is 134 Å². The molecule has 0 spiro atoms. The lowest BCUT2D eigenvalue weighted by molar-refractivity contribution is 0.307. The van der Waals surface area contributed by atoms with Crippen molar-refractivity contribution in [1.29, 1.82) is 10.8 Å². The van der Waals surface area contributed by atoms with Crippen LogP contribution in [0.3, 0.4) is 0 Å². The van der Waals surface area contributed by atoms with Gasteiger partial charge in [0.05, 0.1) is 0 Å². The van der Waals surface area contributed by atoms with Gasteiger partial charge >= 0.3 is 0 Å². The van der Waals surface area contributed by atoms with Crippen molar-refractivity contribution >= 4 is 11.8 Å². The fourth-order valence-corrected chi connectivity index (χ4v) is 0.693. The lowest BCUT2D eigenvalue weighted by atomic mass is 10.3. The maximum atomic E-state index is 7.32. The minimum absolute atomic E-state index is 0.234. The van der Waals surface area contributed by atoms with Crippen molar-refractivity contribution in [1.82, 2.24) is 0 Å². The van der Waals surface area contributed by atoms with Gasteiger partial charge < -0.3 is 14.2 Å². The molecule has 2 unspecified atom stereocenters. The highest BCUT2D eigenvalue weighted by Crippen LogP contribution is 2.25. The van der Waals surface area contributed by atoms with Crippen LogP contribution >= 0.6 is 0 Å². The Balaban J connectivity index is 1.91. The van der Waals surface area contributed by atoms with Crippen molar-refractivity contribution in [2.45, 2.75) is 11.4 Å². The van der Waals surface area contributed by atoms with Gasteiger partial charge in [-0.1, -0.05) is 0 Å². The minimum Gasteiger partial charge on any atom is -0.420 e. The minimum atomic E-state index is -1.16. The molecule has 7 nitrogen and oxygen atoms in total. The summed E-state index contributed by atoms with van der Waals surface area (Å²) in [4.78, 5) is 0. The van der Waals surface area contributed by atoms with Crippen LogP contribution in [0.4, 0.5) is 0 Å². The van der Waals surface area contributed by atoms with E-state index in [-0.39, 0.29) is 25.0 Å². The standard InChI is InChI=1S/C6H10N4O3/c7-3(5(9)1-11-5)13-4(8)6(10)2-12-6/h7-8H,1-2,9-10H2. The SMILES string of the molecule is N=C(OC(=N)C1(N)CO1)C1(N)CO1. The van der Waals surface area contributed by atoms with Gasteiger partial charge in [0, 0.05) is 0 Å². The van der Waals surface area contributed by atoms with Crippen molar-refractivity contribution in [3.05, 3.63) is 0 Å². The Morgan fingerprint density at radius 3 is 1.62 bits per heavy atom. The van der Waals surface area contributed by atoms with Crippen molar-refractivity contribution in [3.8, 4) is 0 Å². The van der Waals surface area contributed by atoms with Crippen LogP contribution in [-0.2, 0) is 14.2 Å². The van der Waals surface area contributed by atoms with Crippen molar-refractivity contribution in [2.75, 3.05) is 13.2 Å². The molecule has 0 radical (unpaired) electrons. The number of ether oxygens (including phenoxy) is 3. The molecule has 7 heteroatoms. The summed E-state index contributed by atoms with van der Waals surface area (Å²) in [6.07, 6.45) is 0. The first-order chi connectivity index (χ1) is 5.96. The van der Waals surface area contributed by atoms with Gasteiger partial charge in [-0.15, -0.1) is 0 Å². The molecule has 0 aliphatic carbocycles. The Hall–Kier alpha value is -1.02. The molecule has 2 saturated heterocycles. The molecule has 2 atom stereocenters. The Bertz CT molecular complexity index is 254. The summed E-state index contributed by atoms with van der Waals surface area (Å²) in [6, 6.07) is 0. The molecular weight excluding hydrogens is 176 g/mol. The van der Waals surface area contributed by atoms with Crippen molar-refractivity contribution in [3.63, 3.8) is 0 Å². The van der Waals surface area contributed by atoms with E-state index in [0.29, 0.717) is 0 Å². The lowest BCUT2D eigenvalue weighted by Crippen LogP contribution is -2.43. The smallest absolute Gasteiger partial charge is 0.239 e. The van der Waals surface area contributed by atoms with Gasteiger partial charge in [0.1, 0.15) is 13.2 Å². The number of rotatable bonds is 2. The van der Waals surface area contributed by atoms with E-state index >= 15 is 0 Å². The summed E-state index contributed by atoms with van der Waals surface area (Å²) < 4.78 is 14.3. The Morgan fingerprint density at radius 2 is 1.38 bits per heavy atom. The Labute approximate surface area is 73.9 Å². The average Bonchev–Trinajstić information content (AvgIpc) is 2.92. The van der Waals surface area contributed by atoms with Crippen molar-refractivity contribution in [2.24, 2.45) is 11.5 Å². The summed E-state index contributed by atoms with van der Waals surface area (Å²) in [5.74, 6) is -0.615. The van der Waals surface area contributed by atoms with E-state index in [0.717, 1.165) is 0 Å². The predicted molar refractivity (Wildman–Crippen MR) is 42.3 cm³/mol. The summed E-state index contributed by atoms with van der Waals surface area (Å²) in [5, 5.41) is 14.6. The van der Waals surface area contributed by atoms with Crippen LogP contribution in [0.2, 0.25) is 0 Å². The molecule has 2 fully saturated rings. The van der Waals surface area contributed by atoms with Gasteiger partial charge in [-0.05, 0) is 0 Å². The zero-order valence-electron chi connectivity index (χ0n) is 6.79. The highest BCUT2D eigenvalue weighted by atomic mass is 16.7. The third kappa shape index (κ3) is 1.42. The zero-order chi connectivity index (χ0) is 9.69. The monoisotopic (exact) mass is 186 g/mol. The number of hydrogen-bond donors (Lipinski definition) is 4. The molecule has 0 amide bonds. The van der Waals surface area contributed by atoms with Gasteiger partial charge in [0.15, 0.2) is 0 Å². The van der Waals surface area contributed by atoms with E-state index in [1.165, 1.54) is 0 Å². The van der Waals surface area contributed by atoms with Gasteiger partial charge in [-0.3, -0.25) is 22.3 Å². The number of hydrogen-bond acceptors (Lipinski definition) is 7. The van der Waals surface area contributed by atoms with Crippen LogP contribution in [0.5, 0.6) is 0 Å². The molecule has 6 N–H and O–H groups in total. The quantitative estimate of drug-likeness (QED) is 0.232. The van der Waals surface area contributed by atoms with Crippen LogP contribution in [-0.4, -0.2) is 36.5 Å². The van der Waals surface area contributed by atoms with E-state index in [2.05, 4.69) is 0 Å². The van der Waals surface area contributed by atoms with Gasteiger partial charge in [0.2, 0.25) is 23.2 Å². The van der Waals surface area contributed by atoms with E-state index in [9.17, 15) is 0 Å². The first kappa shape index (κ1) is 8.57. The normalized spacial score (nSPS) is 41.1. The number of epoxide rings is 2. The summed E-state index contributed by atoms with van der Waals surface area (Å²) in [7, 11) is 0. The fraction of sp³-hybridized carbons (Fsp3) is 0.667. The van der Waals surface area contributed by atoms with E-state index in [4.69, 9.17) is 36.5 Å². The number of nitrogens with one attached hydrogen (secondary N) is 2. The molecule has 2 rings (SSSR count). The molecule has 0 aromatic rings. The highest BCUT2D eigenvalue weighted by Gasteiger charge is 2.52. The van der Waals surface area contributed by atoms with Crippen LogP contribution in [0.25, 0.3) is 0 Å². The fourth-order valence-electron chi connectivity index (χ4n) is 0.693. The third-order valence-electron chi connectivity index (χ3n) is 1.88. The summed E-state index contributed by atoms with van der Waals surface area (Å²) in [6.45, 7) is 0.467. The second-order valence-electron chi connectivity index (χ2n) is 3.12. The molecule has 0 bridgehead atoms. The first-order valence-electron chi connectivity index (χ1n) is 3.68. The summed E-state index contributed by atoms with van der Waals surface area (Å²) in [5.41, 5.74) is 8.59. The van der Waals surface area contributed by atoms with Crippen molar-refractivity contribution < 1.29 is 14.2 Å². The van der Waals surface area contributed by atoms with E-state index < -0.39 is 11.4 Å². The lowest BCUT2D eigenvalue weighted by Gasteiger charge is -2.11. The van der Waals surface area contributed by atoms with Crippen LogP contribution in [0.1, 0.15) is 0 Å². The molecular formula is C6H10N4O3. The molecule has 72 valence electrons. The molecule has 0 saturated carbocycles. The Kier molecular flexibility index (Phi) is 1.49. The van der Waals surface area contributed by atoms with Crippen LogP contribution < -0.4 is 11.5 Å². The molecule has 0 aromatic carbocycles. The second kappa shape index (κ2) is 2.26. The van der Waals surface area contributed by atoms with Crippen LogP contribution in [0, 0.1) is 10.8 Å². The Morgan fingerprint density at radius 1 is 1.08 bits per heavy atom. The van der Waals surface area contributed by atoms with Gasteiger partial charge in [0.25, 0.3) is 0 Å². The number of nitrogens with two attached hydrogens (primary N) is 2. The molecule has 13 heavy (non-hydrogen) atoms. The zero-order valence-corrected chi connectivity index (χ0v) is 6.79. The van der Waals surface area contributed by atoms with E-state index in [1.807, 2.05) is 0 Å².